The predicted molar refractivity (Wildman–Crippen MR) is 527 cm³/mol. The lowest BCUT2D eigenvalue weighted by atomic mass is 9.87. The maximum Gasteiger partial charge on any atom is 0.121 e. The minimum atomic E-state index is -1.18. The van der Waals surface area contributed by atoms with E-state index in [9.17, 15) is 25.5 Å². The number of fused-ring (bicyclic) bond motifs is 5. The minimum Gasteiger partial charge on any atom is -0.508 e. The highest BCUT2D eigenvalue weighted by molar-refractivity contribution is 9.10. The first-order valence-corrected chi connectivity index (χ1v) is 48.4. The van der Waals surface area contributed by atoms with Crippen molar-refractivity contribution in [3.8, 4) is 5.75 Å². The Labute approximate surface area is 781 Å². The minimum absolute atomic E-state index is 0.00390. The molecule has 9 nitrogen and oxygen atoms in total. The number of thiophene rings is 5. The highest BCUT2D eigenvalue weighted by Crippen LogP contribution is 2.44. The van der Waals surface area contributed by atoms with Crippen LogP contribution in [0.4, 0.5) is 0 Å². The molecule has 0 spiro atoms. The zero-order chi connectivity index (χ0) is 86.9. The first-order chi connectivity index (χ1) is 59.1. The molecule has 0 bridgehead atoms. The average molecular weight is 1960 g/mol. The average Bonchev–Trinajstić information content (AvgIpc) is 1.49. The number of halogens is 7. The van der Waals surface area contributed by atoms with Gasteiger partial charge in [-0.1, -0.05) is 182 Å². The second kappa shape index (κ2) is 42.4. The number of hydrogen-bond donors (Lipinski definition) is 5. The molecule has 11 aromatic carbocycles. The number of rotatable bonds is 18. The van der Waals surface area contributed by atoms with Crippen LogP contribution in [0.1, 0.15) is 147 Å². The molecular weight excluding hydrogens is 1870 g/mol. The predicted octanol–water partition coefficient (Wildman–Crippen LogP) is 30.0. The van der Waals surface area contributed by atoms with Crippen molar-refractivity contribution in [2.45, 2.75) is 162 Å². The van der Waals surface area contributed by atoms with E-state index in [2.05, 4.69) is 200 Å². The SMILES string of the molecule is CC[C@@H]1C[C@H](OCc2ccccc2)[C@@H](OCc2ccccc2)[C@H](c2cc(Cc3cc4cc(Cl)ccc4s3)c(C)cc2C)O1.Cc1cc(C)c(C(O)c2cc3cc(Cl)ccc3s2)cc1Br.Cc1cc(C)c(Cc2cc3cc(Cl)ccc3s2)cc1Br.Cc1cc(O)c([C@@H]2O[C@H](CO)C[C@H](O)[C@H]2O)cc1Cc1cc2cc(Cl)ccc2s1.Clc1ccc2sccc2c1. The van der Waals surface area contributed by atoms with Crippen LogP contribution in [0.3, 0.4) is 0 Å². The topological polar surface area (TPSA) is 138 Å². The van der Waals surface area contributed by atoms with Crippen LogP contribution in [-0.2, 0) is 51.4 Å². The lowest BCUT2D eigenvalue weighted by molar-refractivity contribution is -0.211. The lowest BCUT2D eigenvalue weighted by Gasteiger charge is -2.42. The van der Waals surface area contributed by atoms with Crippen LogP contribution in [0.25, 0.3) is 50.4 Å². The number of aromatic hydroxyl groups is 1. The van der Waals surface area contributed by atoms with Gasteiger partial charge >= 0.3 is 0 Å². The van der Waals surface area contributed by atoms with Gasteiger partial charge in [-0.2, -0.15) is 0 Å². The summed E-state index contributed by atoms with van der Waals surface area (Å²) in [7, 11) is 0. The third-order valence-electron chi connectivity index (χ3n) is 22.4. The standard InChI is InChI=1S/C38H39ClO3S.C22H23ClO5S.C17H14BrClOS.C17H14BrClS.C8H5ClS/c1-4-32-22-35(40-23-27-11-7-5-8-12-27)38(41-24-28-13-9-6-10-14-28)37(42-32)34-21-29(25(2)17-26(34)3)19-33-20-30-18-31(39)15-16-36(30)43-33;1-11-4-18(25)17(22-21(27)19(26)9-15(10-24)28-22)8-12(11)6-16-7-13-5-14(23)2-3-20(13)29-16;1-9-5-10(2)14(18)8-13(9)17(20)16-7-11-6-12(19)3-4-15(11)21-16;1-10-5-11(2)16(18)9-12(10)7-15-8-13-6-14(19)3-4-17(13)20-15;9-7-1-2-8-6(5-7)3-4-10-8/h5-18,20-21,32,35,37-38H,4,19,22-24H2,1-3H3;2-5,7-8,15,19,21-22,24-27H,6,9-10H2,1H3;3-8,17,20H,1-2H3;3-6,8-9H,7H2,1-2H3;1-5H/t32-,35+,37+,38-;15-,19-,21+,22-;;;/m10.../s1. The highest BCUT2D eigenvalue weighted by Gasteiger charge is 2.42. The summed E-state index contributed by atoms with van der Waals surface area (Å²) in [6.45, 7) is 17.7. The quantitative estimate of drug-likeness (QED) is 0.0568. The second-order valence-electron chi connectivity index (χ2n) is 31.6. The van der Waals surface area contributed by atoms with Crippen LogP contribution in [0, 0.1) is 48.5 Å². The van der Waals surface area contributed by atoms with Crippen LogP contribution < -0.4 is 0 Å². The smallest absolute Gasteiger partial charge is 0.121 e. The molecule has 0 aliphatic carbocycles. The molecule has 18 rings (SSSR count). The monoisotopic (exact) mass is 1960 g/mol. The maximum absolute atomic E-state index is 10.7. The maximum atomic E-state index is 10.7. The summed E-state index contributed by atoms with van der Waals surface area (Å²) in [5.41, 5.74) is 16.9. The molecule has 1 unspecified atom stereocenters. The molecule has 123 heavy (non-hydrogen) atoms. The first kappa shape index (κ1) is 92.3. The van der Waals surface area contributed by atoms with Gasteiger partial charge in [0.2, 0.25) is 0 Å². The van der Waals surface area contributed by atoms with Crippen LogP contribution >= 0.6 is 147 Å². The van der Waals surface area contributed by atoms with Gasteiger partial charge in [-0.3, -0.25) is 0 Å². The number of phenols is 1. The molecule has 2 aliphatic heterocycles. The van der Waals surface area contributed by atoms with E-state index in [-0.39, 0.29) is 43.2 Å². The number of aryl methyl sites for hydroxylation is 7. The molecule has 2 fully saturated rings. The van der Waals surface area contributed by atoms with E-state index in [0.29, 0.717) is 30.2 Å². The van der Waals surface area contributed by atoms with Crippen molar-refractivity contribution in [1.29, 1.82) is 0 Å². The van der Waals surface area contributed by atoms with Gasteiger partial charge in [0.05, 0.1) is 44.2 Å². The number of aliphatic hydroxyl groups excluding tert-OH is 4. The largest absolute Gasteiger partial charge is 0.508 e. The molecule has 0 amide bonds. The van der Waals surface area contributed by atoms with Crippen molar-refractivity contribution in [2.75, 3.05) is 6.61 Å². The van der Waals surface area contributed by atoms with Crippen LogP contribution in [-0.4, -0.2) is 68.8 Å². The zero-order valence-electron chi connectivity index (χ0n) is 69.1. The summed E-state index contributed by atoms with van der Waals surface area (Å²) < 4.78 is 34.4. The molecule has 7 heterocycles. The fourth-order valence-corrected chi connectivity index (χ4v) is 22.4. The Morgan fingerprint density at radius 2 is 0.870 bits per heavy atom. The van der Waals surface area contributed by atoms with Crippen molar-refractivity contribution in [3.05, 3.63) is 373 Å². The molecule has 5 N–H and O–H groups in total. The molecule has 0 saturated carbocycles. The van der Waals surface area contributed by atoms with Gasteiger partial charge in [-0.25, -0.2) is 0 Å². The summed E-state index contributed by atoms with van der Waals surface area (Å²) in [5, 5.41) is 62.9. The van der Waals surface area contributed by atoms with Gasteiger partial charge in [0.15, 0.2) is 0 Å². The van der Waals surface area contributed by atoms with Gasteiger partial charge in [0.25, 0.3) is 0 Å². The Morgan fingerprint density at radius 3 is 1.39 bits per heavy atom. The van der Waals surface area contributed by atoms with Crippen LogP contribution in [0.2, 0.25) is 25.1 Å². The Bertz CT molecular complexity index is 6350. The number of phenolic OH excluding ortho intramolecular Hbond substituents is 1. The summed E-state index contributed by atoms with van der Waals surface area (Å²) in [5.74, 6) is 0.00390. The van der Waals surface area contributed by atoms with Crippen LogP contribution in [0.15, 0.2) is 245 Å². The summed E-state index contributed by atoms with van der Waals surface area (Å²) in [6, 6.07) is 78.0. The van der Waals surface area contributed by atoms with Crippen molar-refractivity contribution < 1.29 is 44.5 Å². The van der Waals surface area contributed by atoms with Crippen molar-refractivity contribution in [3.63, 3.8) is 0 Å². The fraction of sp³-hybridized carbons (Fsp3) is 0.255. The number of hydrogen-bond acceptors (Lipinski definition) is 14. The third-order valence-corrected chi connectivity index (χ3v) is 30.7. The van der Waals surface area contributed by atoms with Gasteiger partial charge < -0.3 is 44.5 Å². The van der Waals surface area contributed by atoms with E-state index in [4.69, 9.17) is 77.0 Å². The molecular formula is C102H95Br2Cl5O9S5. The van der Waals surface area contributed by atoms with Gasteiger partial charge in [0, 0.05) is 115 Å². The first-order valence-electron chi connectivity index (χ1n) is 40.7. The number of benzene rings is 11. The number of ether oxygens (including phenoxy) is 4. The number of aliphatic hydroxyl groups is 4. The van der Waals surface area contributed by atoms with E-state index in [1.165, 1.54) is 94.6 Å². The van der Waals surface area contributed by atoms with Gasteiger partial charge in [-0.15, -0.1) is 56.7 Å². The van der Waals surface area contributed by atoms with E-state index in [0.717, 1.165) is 108 Å². The van der Waals surface area contributed by atoms with E-state index >= 15 is 0 Å². The van der Waals surface area contributed by atoms with Crippen molar-refractivity contribution in [1.82, 2.24) is 0 Å². The summed E-state index contributed by atoms with van der Waals surface area (Å²) in [4.78, 5) is 4.79. The van der Waals surface area contributed by atoms with Crippen molar-refractivity contribution in [2.24, 2.45) is 0 Å². The Morgan fingerprint density at radius 1 is 0.431 bits per heavy atom. The summed E-state index contributed by atoms with van der Waals surface area (Å²) >= 11 is 46.1. The Balaban J connectivity index is 0.000000134. The molecule has 5 aromatic heterocycles. The van der Waals surface area contributed by atoms with Crippen molar-refractivity contribution >= 4 is 197 Å². The zero-order valence-corrected chi connectivity index (χ0v) is 80.2. The molecule has 0 radical (unpaired) electrons. The van der Waals surface area contributed by atoms with Gasteiger partial charge in [-0.05, 0) is 311 Å². The summed E-state index contributed by atoms with van der Waals surface area (Å²) in [6.07, 6.45) is -0.401. The Kier molecular flexibility index (Phi) is 31.8. The Hall–Kier alpha value is -6.89. The molecule has 2 aliphatic rings. The second-order valence-corrected chi connectivity index (χ2v) is 41.0. The van der Waals surface area contributed by atoms with E-state index in [1.807, 2.05) is 140 Å². The lowest BCUT2D eigenvalue weighted by Crippen LogP contribution is -2.46. The highest BCUT2D eigenvalue weighted by atomic mass is 79.9. The molecule has 21 heteroatoms. The fourth-order valence-electron chi connectivity index (χ4n) is 15.7. The molecule has 636 valence electrons. The van der Waals surface area contributed by atoms with E-state index < -0.39 is 30.5 Å². The third kappa shape index (κ3) is 23.5. The van der Waals surface area contributed by atoms with Crippen LogP contribution in [0.5, 0.6) is 5.75 Å². The molecule has 2 saturated heterocycles. The molecule has 9 atom stereocenters. The normalized spacial score (nSPS) is 17.9. The molecule has 16 aromatic rings. The van der Waals surface area contributed by atoms with Gasteiger partial charge in [0.1, 0.15) is 36.3 Å². The van der Waals surface area contributed by atoms with E-state index in [1.54, 1.807) is 40.1 Å².